The van der Waals surface area contributed by atoms with E-state index in [-0.39, 0.29) is 18.1 Å². The Balaban J connectivity index is 1.30. The molecule has 1 saturated carbocycles. The molecule has 1 fully saturated rings. The van der Waals surface area contributed by atoms with Crippen LogP contribution in [0.2, 0.25) is 0 Å². The van der Waals surface area contributed by atoms with Crippen LogP contribution < -0.4 is 0 Å². The summed E-state index contributed by atoms with van der Waals surface area (Å²) in [5, 5.41) is 9.54. The van der Waals surface area contributed by atoms with E-state index in [1.165, 1.54) is 17.8 Å². The van der Waals surface area contributed by atoms with Crippen LogP contribution in [-0.2, 0) is 16.4 Å². The van der Waals surface area contributed by atoms with Crippen molar-refractivity contribution in [2.45, 2.75) is 37.8 Å². The van der Waals surface area contributed by atoms with Gasteiger partial charge in [-0.05, 0) is 54.1 Å². The van der Waals surface area contributed by atoms with Crippen LogP contribution in [0.1, 0.15) is 53.2 Å². The number of hydrogen-bond donors (Lipinski definition) is 0. The summed E-state index contributed by atoms with van der Waals surface area (Å²) in [7, 11) is -3.24. The molecule has 4 aromatic rings. The van der Waals surface area contributed by atoms with Gasteiger partial charge in [-0.25, -0.2) is 13.4 Å². The molecule has 1 aliphatic heterocycles. The van der Waals surface area contributed by atoms with Gasteiger partial charge in [-0.3, -0.25) is 4.79 Å². The minimum Gasteiger partial charge on any atom is -0.327 e. The van der Waals surface area contributed by atoms with Crippen molar-refractivity contribution in [1.82, 2.24) is 29.0 Å². The van der Waals surface area contributed by atoms with Crippen molar-refractivity contribution in [3.05, 3.63) is 71.8 Å². The third kappa shape index (κ3) is 4.93. The Bertz CT molecular complexity index is 1540. The molecular weight excluding hydrogens is 508 g/mol. The molecule has 0 spiro atoms. The first-order chi connectivity index (χ1) is 17.9. The number of sulfone groups is 1. The predicted octanol–water partition coefficient (Wildman–Crippen LogP) is 3.97. The highest BCUT2D eigenvalue weighted by Crippen LogP contribution is 2.40. The van der Waals surface area contributed by atoms with E-state index >= 15 is 0 Å². The molecule has 0 N–H and O–H groups in total. The first kappa shape index (κ1) is 23.9. The second-order valence-electron chi connectivity index (χ2n) is 9.64. The Labute approximate surface area is 219 Å². The van der Waals surface area contributed by atoms with E-state index < -0.39 is 15.9 Å². The highest BCUT2D eigenvalue weighted by molar-refractivity contribution is 7.90. The third-order valence-corrected chi connectivity index (χ3v) is 8.56. The number of fused-ring (bicyclic) bond motifs is 1. The highest BCUT2D eigenvalue weighted by atomic mass is 32.2. The zero-order valence-corrected chi connectivity index (χ0v) is 22.0. The molecule has 1 unspecified atom stereocenters. The fraction of sp³-hybridized carbons (Fsp3) is 0.346. The van der Waals surface area contributed by atoms with Gasteiger partial charge in [-0.2, -0.15) is 4.37 Å². The van der Waals surface area contributed by atoms with Gasteiger partial charge in [0.2, 0.25) is 0 Å². The van der Waals surface area contributed by atoms with E-state index in [0.717, 1.165) is 29.8 Å². The smallest absolute Gasteiger partial charge is 0.254 e. The van der Waals surface area contributed by atoms with E-state index in [2.05, 4.69) is 19.6 Å². The minimum atomic E-state index is -3.24. The summed E-state index contributed by atoms with van der Waals surface area (Å²) >= 11 is 1.31. The van der Waals surface area contributed by atoms with Crippen molar-refractivity contribution in [3.63, 3.8) is 0 Å². The molecule has 0 saturated heterocycles. The van der Waals surface area contributed by atoms with Crippen molar-refractivity contribution < 1.29 is 13.2 Å². The summed E-state index contributed by atoms with van der Waals surface area (Å²) in [6, 6.07) is 17.0. The lowest BCUT2D eigenvalue weighted by atomic mass is 10.0. The fourth-order valence-corrected chi connectivity index (χ4v) is 6.12. The maximum absolute atomic E-state index is 13.7. The molecule has 1 atom stereocenters. The summed E-state index contributed by atoms with van der Waals surface area (Å²) < 4.78 is 30.5. The maximum Gasteiger partial charge on any atom is 0.254 e. The molecule has 9 nitrogen and oxygen atoms in total. The zero-order valence-electron chi connectivity index (χ0n) is 20.3. The number of amides is 1. The number of benzene rings is 2. The van der Waals surface area contributed by atoms with Crippen LogP contribution in [-0.4, -0.2) is 61.9 Å². The Morgan fingerprint density at radius 1 is 1.00 bits per heavy atom. The summed E-state index contributed by atoms with van der Waals surface area (Å²) in [4.78, 5) is 20.1. The molecule has 6 rings (SSSR count). The zero-order chi connectivity index (χ0) is 25.6. The minimum absolute atomic E-state index is 0.0543. The monoisotopic (exact) mass is 534 g/mol. The molecule has 2 aromatic heterocycles. The Morgan fingerprint density at radius 2 is 1.73 bits per heavy atom. The topological polar surface area (TPSA) is 111 Å². The Hall–Kier alpha value is -3.44. The molecule has 11 heteroatoms. The lowest BCUT2D eigenvalue weighted by Gasteiger charge is -2.35. The van der Waals surface area contributed by atoms with Crippen molar-refractivity contribution >= 4 is 27.3 Å². The predicted molar refractivity (Wildman–Crippen MR) is 141 cm³/mol. The molecule has 2 aliphatic rings. The number of nitrogens with zero attached hydrogens (tertiary/aromatic N) is 6. The Kier molecular flexibility index (Phi) is 6.12. The summed E-state index contributed by atoms with van der Waals surface area (Å²) in [5.74, 6) is 2.31. The van der Waals surface area contributed by atoms with E-state index in [4.69, 9.17) is 0 Å². The first-order valence-electron chi connectivity index (χ1n) is 12.3. The van der Waals surface area contributed by atoms with E-state index in [1.54, 1.807) is 4.90 Å². The molecule has 1 aliphatic carbocycles. The van der Waals surface area contributed by atoms with Gasteiger partial charge < -0.3 is 9.47 Å². The SMILES string of the molecule is CS(=O)(=O)CCC1c2nnc(-c3nc(C4CC4)ns3)n2CCN1C(=O)c1ccc(-c2ccccc2)cc1. The quantitative estimate of drug-likeness (QED) is 0.353. The van der Waals surface area contributed by atoms with Crippen LogP contribution in [0.15, 0.2) is 54.6 Å². The Morgan fingerprint density at radius 3 is 2.43 bits per heavy atom. The van der Waals surface area contributed by atoms with E-state index in [0.29, 0.717) is 41.2 Å². The second kappa shape index (κ2) is 9.46. The summed E-state index contributed by atoms with van der Waals surface area (Å²) in [6.07, 6.45) is 3.69. The molecule has 3 heterocycles. The van der Waals surface area contributed by atoms with Gasteiger partial charge in [0.05, 0.1) is 11.8 Å². The molecule has 0 radical (unpaired) electrons. The lowest BCUT2D eigenvalue weighted by molar-refractivity contribution is 0.0612. The molecule has 190 valence electrons. The summed E-state index contributed by atoms with van der Waals surface area (Å²) in [6.45, 7) is 0.916. The van der Waals surface area contributed by atoms with Gasteiger partial charge in [0, 0.05) is 30.8 Å². The van der Waals surface area contributed by atoms with Gasteiger partial charge in [0.25, 0.3) is 5.91 Å². The highest BCUT2D eigenvalue weighted by Gasteiger charge is 2.36. The maximum atomic E-state index is 13.7. The fourth-order valence-electron chi connectivity index (χ4n) is 4.73. The van der Waals surface area contributed by atoms with Crippen LogP contribution in [0.25, 0.3) is 22.0 Å². The van der Waals surface area contributed by atoms with Crippen molar-refractivity contribution in [1.29, 1.82) is 0 Å². The van der Waals surface area contributed by atoms with Crippen LogP contribution in [0.5, 0.6) is 0 Å². The van der Waals surface area contributed by atoms with Gasteiger partial charge >= 0.3 is 0 Å². The molecule has 2 aromatic carbocycles. The molecule has 1 amide bonds. The largest absolute Gasteiger partial charge is 0.327 e. The number of rotatable bonds is 7. The number of aromatic nitrogens is 5. The average molecular weight is 535 g/mol. The number of carbonyl (C=O) groups excluding carboxylic acids is 1. The van der Waals surface area contributed by atoms with Gasteiger partial charge in [-0.1, -0.05) is 42.5 Å². The number of hydrogen-bond acceptors (Lipinski definition) is 8. The average Bonchev–Trinajstić information content (AvgIpc) is 3.48. The van der Waals surface area contributed by atoms with E-state index in [9.17, 15) is 13.2 Å². The van der Waals surface area contributed by atoms with Gasteiger partial charge in [0.1, 0.15) is 15.7 Å². The standard InChI is InChI=1S/C26H26N6O3S2/c1-37(34,35)16-13-21-23-28-29-24(25-27-22(30-36-25)19-9-10-19)32(23)15-14-31(21)26(33)20-11-7-18(8-12-20)17-5-3-2-4-6-17/h2-8,11-12,19,21H,9-10,13-16H2,1H3. The molecular formula is C26H26N6O3S2. The van der Waals surface area contributed by atoms with Crippen LogP contribution in [0.3, 0.4) is 0 Å². The third-order valence-electron chi connectivity index (χ3n) is 6.86. The van der Waals surface area contributed by atoms with Crippen LogP contribution in [0.4, 0.5) is 0 Å². The van der Waals surface area contributed by atoms with Gasteiger partial charge in [0.15, 0.2) is 16.7 Å². The lowest BCUT2D eigenvalue weighted by Crippen LogP contribution is -2.43. The first-order valence-corrected chi connectivity index (χ1v) is 15.1. The van der Waals surface area contributed by atoms with Crippen molar-refractivity contribution in [2.24, 2.45) is 0 Å². The van der Waals surface area contributed by atoms with Crippen LogP contribution in [0, 0.1) is 0 Å². The van der Waals surface area contributed by atoms with Crippen molar-refractivity contribution in [3.8, 4) is 22.0 Å². The molecule has 0 bridgehead atoms. The summed E-state index contributed by atoms with van der Waals surface area (Å²) in [5.41, 5.74) is 2.65. The second-order valence-corrected chi connectivity index (χ2v) is 12.7. The van der Waals surface area contributed by atoms with Gasteiger partial charge in [-0.15, -0.1) is 10.2 Å². The number of carbonyl (C=O) groups is 1. The van der Waals surface area contributed by atoms with E-state index in [1.807, 2.05) is 59.2 Å². The normalized spacial score (nSPS) is 17.5. The molecule has 37 heavy (non-hydrogen) atoms. The van der Waals surface area contributed by atoms with Crippen molar-refractivity contribution in [2.75, 3.05) is 18.6 Å². The van der Waals surface area contributed by atoms with Crippen LogP contribution >= 0.6 is 11.5 Å².